The molecule has 0 bridgehead atoms. The molecule has 0 aromatic rings. The fourth-order valence-corrected chi connectivity index (χ4v) is 4.73. The summed E-state index contributed by atoms with van der Waals surface area (Å²) >= 11 is 0. The predicted molar refractivity (Wildman–Crippen MR) is 103 cm³/mol. The number of aliphatic hydroxyl groups excluding tert-OH is 1. The Balaban J connectivity index is 1.33. The first-order chi connectivity index (χ1) is 11.9. The molecule has 144 valence electrons. The molecule has 0 radical (unpaired) electrons. The number of likely N-dealkylation sites (tertiary alicyclic amines) is 1. The number of allylic oxidation sites excluding steroid dienone is 1. The third-order valence-electron chi connectivity index (χ3n) is 6.56. The van der Waals surface area contributed by atoms with Gasteiger partial charge in [-0.15, -0.1) is 0 Å². The van der Waals surface area contributed by atoms with Crippen molar-refractivity contribution in [3.63, 3.8) is 0 Å². The zero-order valence-electron chi connectivity index (χ0n) is 16.5. The molecule has 1 aliphatic carbocycles. The summed E-state index contributed by atoms with van der Waals surface area (Å²) in [5, 5.41) is 13.4. The molecule has 2 N–H and O–H groups in total. The van der Waals surface area contributed by atoms with E-state index in [1.807, 2.05) is 0 Å². The molecule has 5 heteroatoms. The van der Waals surface area contributed by atoms with Crippen molar-refractivity contribution in [1.29, 1.82) is 0 Å². The van der Waals surface area contributed by atoms with E-state index in [0.29, 0.717) is 17.4 Å². The minimum Gasteiger partial charge on any atom is -0.378 e. The number of nitrogens with zero attached hydrogens (tertiary/aromatic N) is 3. The molecular weight excluding hydrogens is 312 g/mol. The lowest BCUT2D eigenvalue weighted by Gasteiger charge is -2.47. The van der Waals surface area contributed by atoms with Crippen LogP contribution in [0.3, 0.4) is 0 Å². The Bertz CT molecular complexity index is 453. The summed E-state index contributed by atoms with van der Waals surface area (Å²) in [6.07, 6.45) is 3.47. The Morgan fingerprint density at radius 2 is 1.76 bits per heavy atom. The van der Waals surface area contributed by atoms with Gasteiger partial charge in [-0.05, 0) is 44.1 Å². The van der Waals surface area contributed by atoms with E-state index in [0.717, 1.165) is 13.1 Å². The molecule has 0 aromatic carbocycles. The standard InChI is InChI=1S/C20H38N4O/c1-16(2)19(25)21-18-13-20(14-18)5-6-23(15-20)8-7-22-9-11-24(12-10-22)17(3)4/h16,18-19,21,25H,3,5-15H2,1-2,4H3. The van der Waals surface area contributed by atoms with Crippen molar-refractivity contribution in [2.24, 2.45) is 11.3 Å². The van der Waals surface area contributed by atoms with Gasteiger partial charge in [0.2, 0.25) is 0 Å². The van der Waals surface area contributed by atoms with Gasteiger partial charge in [-0.1, -0.05) is 20.4 Å². The number of aliphatic hydroxyl groups is 1. The molecule has 0 aromatic heterocycles. The zero-order valence-corrected chi connectivity index (χ0v) is 16.5. The molecule has 2 saturated heterocycles. The van der Waals surface area contributed by atoms with Gasteiger partial charge in [0.25, 0.3) is 0 Å². The van der Waals surface area contributed by atoms with E-state index in [4.69, 9.17) is 0 Å². The third kappa shape index (κ3) is 4.76. The molecule has 1 unspecified atom stereocenters. The highest BCUT2D eigenvalue weighted by Gasteiger charge is 2.48. The van der Waals surface area contributed by atoms with Gasteiger partial charge in [0.15, 0.2) is 0 Å². The summed E-state index contributed by atoms with van der Waals surface area (Å²) in [4.78, 5) is 7.67. The number of hydrogen-bond acceptors (Lipinski definition) is 5. The summed E-state index contributed by atoms with van der Waals surface area (Å²) < 4.78 is 0. The minimum atomic E-state index is -0.349. The summed E-state index contributed by atoms with van der Waals surface area (Å²) in [7, 11) is 0. The Morgan fingerprint density at radius 1 is 1.12 bits per heavy atom. The van der Waals surface area contributed by atoms with Crippen molar-refractivity contribution < 1.29 is 5.11 Å². The summed E-state index contributed by atoms with van der Waals surface area (Å²) in [5.41, 5.74) is 1.74. The molecule has 0 amide bonds. The molecular formula is C20H38N4O. The SMILES string of the molecule is C=C(C)N1CCN(CCN2CCC3(CC(NC(O)C(C)C)C3)C2)CC1. The van der Waals surface area contributed by atoms with E-state index in [1.165, 1.54) is 64.2 Å². The van der Waals surface area contributed by atoms with E-state index in [-0.39, 0.29) is 6.23 Å². The van der Waals surface area contributed by atoms with Crippen LogP contribution in [0.2, 0.25) is 0 Å². The first-order valence-corrected chi connectivity index (χ1v) is 10.2. The van der Waals surface area contributed by atoms with Gasteiger partial charge < -0.3 is 14.9 Å². The molecule has 3 rings (SSSR count). The Labute approximate surface area is 154 Å². The fraction of sp³-hybridized carbons (Fsp3) is 0.900. The zero-order chi connectivity index (χ0) is 18.0. The second-order valence-electron chi connectivity index (χ2n) is 9.05. The minimum absolute atomic E-state index is 0.293. The smallest absolute Gasteiger partial charge is 0.107 e. The normalized spacial score (nSPS) is 32.4. The van der Waals surface area contributed by atoms with Crippen LogP contribution in [-0.2, 0) is 0 Å². The second-order valence-corrected chi connectivity index (χ2v) is 9.05. The van der Waals surface area contributed by atoms with Gasteiger partial charge in [0.1, 0.15) is 6.23 Å². The van der Waals surface area contributed by atoms with Crippen molar-refractivity contribution in [3.05, 3.63) is 12.3 Å². The largest absolute Gasteiger partial charge is 0.378 e. The van der Waals surface area contributed by atoms with Gasteiger partial charge >= 0.3 is 0 Å². The van der Waals surface area contributed by atoms with Crippen molar-refractivity contribution in [1.82, 2.24) is 20.0 Å². The monoisotopic (exact) mass is 350 g/mol. The Morgan fingerprint density at radius 3 is 2.36 bits per heavy atom. The number of nitrogens with one attached hydrogen (secondary N) is 1. The van der Waals surface area contributed by atoms with E-state index in [1.54, 1.807) is 0 Å². The quantitative estimate of drug-likeness (QED) is 0.682. The Kier molecular flexibility index (Phi) is 6.09. The van der Waals surface area contributed by atoms with E-state index >= 15 is 0 Å². The van der Waals surface area contributed by atoms with Gasteiger partial charge in [-0.2, -0.15) is 0 Å². The maximum absolute atomic E-state index is 9.99. The highest BCUT2D eigenvalue weighted by molar-refractivity contribution is 5.03. The molecule has 1 spiro atoms. The van der Waals surface area contributed by atoms with E-state index in [9.17, 15) is 5.11 Å². The summed E-state index contributed by atoms with van der Waals surface area (Å²) in [6.45, 7) is 19.8. The first-order valence-electron chi connectivity index (χ1n) is 10.2. The molecule has 2 heterocycles. The molecule has 2 aliphatic heterocycles. The lowest BCUT2D eigenvalue weighted by molar-refractivity contribution is 0.0162. The number of rotatable bonds is 7. The highest BCUT2D eigenvalue weighted by atomic mass is 16.3. The van der Waals surface area contributed by atoms with Crippen LogP contribution in [0.15, 0.2) is 12.3 Å². The lowest BCUT2D eigenvalue weighted by Crippen LogP contribution is -2.54. The maximum atomic E-state index is 9.99. The molecule has 25 heavy (non-hydrogen) atoms. The van der Waals surface area contributed by atoms with Crippen LogP contribution in [0, 0.1) is 11.3 Å². The van der Waals surface area contributed by atoms with Crippen LogP contribution in [0.25, 0.3) is 0 Å². The van der Waals surface area contributed by atoms with E-state index < -0.39 is 0 Å². The molecule has 5 nitrogen and oxygen atoms in total. The Hall–Kier alpha value is -0.620. The van der Waals surface area contributed by atoms with Crippen molar-refractivity contribution >= 4 is 0 Å². The number of piperazine rings is 1. The maximum Gasteiger partial charge on any atom is 0.107 e. The summed E-state index contributed by atoms with van der Waals surface area (Å²) in [5.74, 6) is 0.293. The third-order valence-corrected chi connectivity index (χ3v) is 6.56. The van der Waals surface area contributed by atoms with Crippen LogP contribution < -0.4 is 5.32 Å². The topological polar surface area (TPSA) is 42.0 Å². The average Bonchev–Trinajstić information content (AvgIpc) is 2.97. The van der Waals surface area contributed by atoms with Gasteiger partial charge in [0, 0.05) is 57.6 Å². The van der Waals surface area contributed by atoms with Crippen molar-refractivity contribution in [2.45, 2.75) is 52.3 Å². The molecule has 1 atom stereocenters. The van der Waals surface area contributed by atoms with Crippen LogP contribution in [0.5, 0.6) is 0 Å². The van der Waals surface area contributed by atoms with Crippen LogP contribution in [-0.4, -0.2) is 84.4 Å². The van der Waals surface area contributed by atoms with Crippen molar-refractivity contribution in [2.75, 3.05) is 52.4 Å². The van der Waals surface area contributed by atoms with Gasteiger partial charge in [-0.3, -0.25) is 10.2 Å². The lowest BCUT2D eigenvalue weighted by atomic mass is 9.65. The summed E-state index contributed by atoms with van der Waals surface area (Å²) in [6, 6.07) is 0.521. The molecule has 1 saturated carbocycles. The van der Waals surface area contributed by atoms with Gasteiger partial charge in [-0.25, -0.2) is 0 Å². The van der Waals surface area contributed by atoms with E-state index in [2.05, 4.69) is 47.4 Å². The van der Waals surface area contributed by atoms with Crippen molar-refractivity contribution in [3.8, 4) is 0 Å². The fourth-order valence-electron chi connectivity index (χ4n) is 4.73. The number of hydrogen-bond donors (Lipinski definition) is 2. The van der Waals surface area contributed by atoms with Gasteiger partial charge in [0.05, 0.1) is 0 Å². The molecule has 3 aliphatic rings. The van der Waals surface area contributed by atoms with Crippen LogP contribution in [0.4, 0.5) is 0 Å². The molecule has 3 fully saturated rings. The average molecular weight is 351 g/mol. The predicted octanol–water partition coefficient (Wildman–Crippen LogP) is 1.56. The van der Waals surface area contributed by atoms with Crippen LogP contribution >= 0.6 is 0 Å². The second kappa shape index (κ2) is 7.95. The van der Waals surface area contributed by atoms with Crippen LogP contribution in [0.1, 0.15) is 40.0 Å². The first kappa shape index (κ1) is 19.2. The highest BCUT2D eigenvalue weighted by Crippen LogP contribution is 2.48.